The van der Waals surface area contributed by atoms with Gasteiger partial charge in [0, 0.05) is 5.56 Å². The number of benzene rings is 1. The topological polar surface area (TPSA) is 105 Å². The molecule has 0 radical (unpaired) electrons. The third-order valence-corrected chi connectivity index (χ3v) is 6.53. The highest BCUT2D eigenvalue weighted by Gasteiger charge is 2.44. The van der Waals surface area contributed by atoms with Gasteiger partial charge >= 0.3 is 5.97 Å². The molecule has 3 amide bonds. The largest absolute Gasteiger partial charge is 0.467 e. The van der Waals surface area contributed by atoms with E-state index in [4.69, 9.17) is 4.74 Å². The average molecular weight is 425 g/mol. The molecule has 1 aromatic carbocycles. The Morgan fingerprint density at radius 1 is 1.10 bits per heavy atom. The molecule has 2 N–H and O–H groups in total. The second-order valence-electron chi connectivity index (χ2n) is 8.44. The van der Waals surface area contributed by atoms with Gasteiger partial charge in [-0.1, -0.05) is 37.5 Å². The van der Waals surface area contributed by atoms with Crippen molar-refractivity contribution in [1.29, 1.82) is 0 Å². The number of carbonyl (C=O) groups excluding carboxylic acids is 4. The number of nitrogens with one attached hydrogen (secondary N) is 2. The summed E-state index contributed by atoms with van der Waals surface area (Å²) in [7, 11) is 1.32. The first kappa shape index (κ1) is 21.1. The summed E-state index contributed by atoms with van der Waals surface area (Å²) in [6, 6.07) is 6.50. The zero-order valence-corrected chi connectivity index (χ0v) is 17.6. The molecule has 8 nitrogen and oxygen atoms in total. The maximum atomic E-state index is 13.0. The highest BCUT2D eigenvalue weighted by atomic mass is 16.5. The van der Waals surface area contributed by atoms with Crippen molar-refractivity contribution >= 4 is 29.4 Å². The van der Waals surface area contributed by atoms with Crippen molar-refractivity contribution in [3.05, 3.63) is 42.0 Å². The van der Waals surface area contributed by atoms with Crippen LogP contribution in [0.25, 0.3) is 0 Å². The highest BCUT2D eigenvalue weighted by Crippen LogP contribution is 2.33. The van der Waals surface area contributed by atoms with E-state index in [9.17, 15) is 19.2 Å². The number of ether oxygens (including phenoxy) is 1. The third kappa shape index (κ3) is 3.94. The first-order valence-electron chi connectivity index (χ1n) is 10.8. The van der Waals surface area contributed by atoms with Crippen LogP contribution >= 0.6 is 0 Å². The van der Waals surface area contributed by atoms with Gasteiger partial charge in [-0.05, 0) is 43.9 Å². The number of carbonyl (C=O) groups is 4. The molecule has 2 aliphatic carbocycles. The monoisotopic (exact) mass is 425 g/mol. The van der Waals surface area contributed by atoms with Gasteiger partial charge in [0.25, 0.3) is 5.91 Å². The second kappa shape index (κ2) is 8.53. The molecular formula is C23H27N3O5. The van der Waals surface area contributed by atoms with E-state index in [1.807, 2.05) is 12.2 Å². The molecule has 2 fully saturated rings. The summed E-state index contributed by atoms with van der Waals surface area (Å²) in [6.45, 7) is 0. The molecule has 0 spiro atoms. The first-order chi connectivity index (χ1) is 14.9. The van der Waals surface area contributed by atoms with E-state index < -0.39 is 23.3 Å². The van der Waals surface area contributed by atoms with Crippen LogP contribution in [0.15, 0.2) is 36.4 Å². The lowest BCUT2D eigenvalue weighted by Crippen LogP contribution is -2.59. The van der Waals surface area contributed by atoms with Crippen LogP contribution in [0.3, 0.4) is 0 Å². The number of hydrogen-bond donors (Lipinski definition) is 2. The molecule has 1 heterocycles. The summed E-state index contributed by atoms with van der Waals surface area (Å²) in [5.41, 5.74) is 2.35. The quantitative estimate of drug-likeness (QED) is 0.569. The first-order valence-corrected chi connectivity index (χ1v) is 10.8. The van der Waals surface area contributed by atoms with E-state index in [1.54, 1.807) is 24.3 Å². The van der Waals surface area contributed by atoms with Gasteiger partial charge in [0.05, 0.1) is 24.6 Å². The van der Waals surface area contributed by atoms with Gasteiger partial charge in [0.15, 0.2) is 0 Å². The molecule has 1 saturated heterocycles. The summed E-state index contributed by atoms with van der Waals surface area (Å²) >= 11 is 0. The lowest BCUT2D eigenvalue weighted by atomic mass is 9.80. The Hall–Kier alpha value is -3.16. The van der Waals surface area contributed by atoms with Crippen LogP contribution in [0.2, 0.25) is 0 Å². The molecule has 1 aliphatic heterocycles. The summed E-state index contributed by atoms with van der Waals surface area (Å²) < 4.78 is 4.97. The van der Waals surface area contributed by atoms with E-state index in [0.717, 1.165) is 19.3 Å². The van der Waals surface area contributed by atoms with Crippen LogP contribution in [-0.4, -0.2) is 36.3 Å². The molecule has 1 saturated carbocycles. The number of anilines is 1. The minimum absolute atomic E-state index is 0.190. The Bertz CT molecular complexity index is 935. The Morgan fingerprint density at radius 3 is 2.52 bits per heavy atom. The van der Waals surface area contributed by atoms with E-state index in [-0.39, 0.29) is 17.7 Å². The van der Waals surface area contributed by atoms with Gasteiger partial charge in [-0.3, -0.25) is 19.8 Å². The fourth-order valence-corrected chi connectivity index (χ4v) is 4.79. The van der Waals surface area contributed by atoms with E-state index >= 15 is 0 Å². The Labute approximate surface area is 181 Å². The normalized spacial score (nSPS) is 24.7. The van der Waals surface area contributed by atoms with Gasteiger partial charge < -0.3 is 10.1 Å². The number of allylic oxidation sites excluding steroid dienone is 2. The van der Waals surface area contributed by atoms with Crippen LogP contribution in [0.5, 0.6) is 0 Å². The van der Waals surface area contributed by atoms with Gasteiger partial charge in [-0.25, -0.2) is 9.80 Å². The summed E-state index contributed by atoms with van der Waals surface area (Å²) in [4.78, 5) is 51.0. The molecule has 4 rings (SSSR count). The molecule has 1 aromatic rings. The van der Waals surface area contributed by atoms with Gasteiger partial charge in [0.1, 0.15) is 5.54 Å². The fraction of sp³-hybridized carbons (Fsp3) is 0.478. The molecule has 8 heteroatoms. The van der Waals surface area contributed by atoms with Crippen LogP contribution in [-0.2, 0) is 19.1 Å². The number of methoxy groups -OCH3 is 1. The Morgan fingerprint density at radius 2 is 1.81 bits per heavy atom. The van der Waals surface area contributed by atoms with E-state index in [2.05, 4.69) is 10.7 Å². The van der Waals surface area contributed by atoms with Crippen molar-refractivity contribution < 1.29 is 23.9 Å². The number of rotatable bonds is 4. The lowest BCUT2D eigenvalue weighted by molar-refractivity contribution is -0.149. The number of amides is 3. The van der Waals surface area contributed by atoms with Gasteiger partial charge in [0.2, 0.25) is 11.8 Å². The number of fused-ring (bicyclic) bond motifs is 1. The molecule has 164 valence electrons. The molecular weight excluding hydrogens is 398 g/mol. The van der Waals surface area contributed by atoms with Crippen molar-refractivity contribution in [3.8, 4) is 0 Å². The standard InChI is InChI=1S/C23H27N3O5/c1-31-22(30)23(12-5-2-6-13-23)24-19(27)15-8-7-9-16(14-15)26-21(29)18-11-4-3-10-17(18)20(28)25-26/h3-4,7-9,14,17-18H,2,5-6,10-13H2,1H3,(H,24,27)(H,25,28). The van der Waals surface area contributed by atoms with Gasteiger partial charge in [-0.15, -0.1) is 0 Å². The Kier molecular flexibility index (Phi) is 5.80. The maximum absolute atomic E-state index is 13.0. The molecule has 0 bridgehead atoms. The molecule has 2 unspecified atom stereocenters. The van der Waals surface area contributed by atoms with Gasteiger partial charge in [-0.2, -0.15) is 0 Å². The predicted octanol–water partition coefficient (Wildman–Crippen LogP) is 2.25. The SMILES string of the molecule is COC(=O)C1(NC(=O)c2cccc(N3NC(=O)C4CC=CCC4C3=O)c2)CCCCC1. The zero-order chi connectivity index (χ0) is 22.0. The third-order valence-electron chi connectivity index (χ3n) is 6.53. The van der Waals surface area contributed by atoms with Crippen molar-refractivity contribution in [2.24, 2.45) is 11.8 Å². The van der Waals surface area contributed by atoms with Crippen LogP contribution in [0.1, 0.15) is 55.3 Å². The van der Waals surface area contributed by atoms with Crippen molar-refractivity contribution in [2.75, 3.05) is 12.1 Å². The zero-order valence-electron chi connectivity index (χ0n) is 17.6. The average Bonchev–Trinajstić information content (AvgIpc) is 2.81. The number of esters is 1. The lowest BCUT2D eigenvalue weighted by Gasteiger charge is -2.38. The maximum Gasteiger partial charge on any atom is 0.331 e. The van der Waals surface area contributed by atoms with Crippen LogP contribution in [0, 0.1) is 11.8 Å². The minimum atomic E-state index is -1.03. The molecule has 0 aromatic heterocycles. The van der Waals surface area contributed by atoms with Crippen molar-refractivity contribution in [2.45, 2.75) is 50.5 Å². The number of hydrogen-bond acceptors (Lipinski definition) is 5. The van der Waals surface area contributed by atoms with E-state index in [0.29, 0.717) is 36.9 Å². The molecule has 2 atom stereocenters. The Balaban J connectivity index is 1.56. The van der Waals surface area contributed by atoms with Crippen molar-refractivity contribution in [1.82, 2.24) is 10.7 Å². The number of hydrazine groups is 1. The predicted molar refractivity (Wildman–Crippen MR) is 113 cm³/mol. The summed E-state index contributed by atoms with van der Waals surface area (Å²) in [5.74, 6) is -2.00. The second-order valence-corrected chi connectivity index (χ2v) is 8.44. The van der Waals surface area contributed by atoms with E-state index in [1.165, 1.54) is 12.1 Å². The van der Waals surface area contributed by atoms with Crippen LogP contribution < -0.4 is 15.8 Å². The fourth-order valence-electron chi connectivity index (χ4n) is 4.79. The summed E-state index contributed by atoms with van der Waals surface area (Å²) in [6.07, 6.45) is 8.67. The smallest absolute Gasteiger partial charge is 0.331 e. The summed E-state index contributed by atoms with van der Waals surface area (Å²) in [5, 5.41) is 4.11. The number of nitrogens with zero attached hydrogens (tertiary/aromatic N) is 1. The van der Waals surface area contributed by atoms with Crippen LogP contribution in [0.4, 0.5) is 5.69 Å². The highest BCUT2D eigenvalue weighted by molar-refractivity contribution is 6.05. The molecule has 31 heavy (non-hydrogen) atoms. The minimum Gasteiger partial charge on any atom is -0.467 e. The molecule has 3 aliphatic rings. The van der Waals surface area contributed by atoms with Crippen molar-refractivity contribution in [3.63, 3.8) is 0 Å².